The highest BCUT2D eigenvalue weighted by atomic mass is 15.5. The SMILES string of the molecule is Cc1cccc(N)c1-c1nnnn1CC1CCC1. The number of nitrogens with zero attached hydrogens (tertiary/aromatic N) is 4. The first-order chi connectivity index (χ1) is 8.75. The van der Waals surface area contributed by atoms with Gasteiger partial charge < -0.3 is 5.73 Å². The van der Waals surface area contributed by atoms with E-state index in [1.807, 2.05) is 29.8 Å². The number of benzene rings is 1. The first kappa shape index (κ1) is 11.2. The highest BCUT2D eigenvalue weighted by Gasteiger charge is 2.21. The molecule has 0 atom stereocenters. The molecule has 3 rings (SSSR count). The fraction of sp³-hybridized carbons (Fsp3) is 0.462. The van der Waals surface area contributed by atoms with Crippen LogP contribution in [0.15, 0.2) is 18.2 Å². The van der Waals surface area contributed by atoms with Crippen LogP contribution in [-0.2, 0) is 6.54 Å². The maximum Gasteiger partial charge on any atom is 0.184 e. The number of aromatic nitrogens is 4. The van der Waals surface area contributed by atoms with Crippen molar-refractivity contribution in [1.82, 2.24) is 20.2 Å². The number of rotatable bonds is 3. The van der Waals surface area contributed by atoms with Crippen LogP contribution in [0.5, 0.6) is 0 Å². The Bertz CT molecular complexity index is 536. The molecule has 1 fully saturated rings. The summed E-state index contributed by atoms with van der Waals surface area (Å²) in [6, 6.07) is 5.88. The predicted octanol–water partition coefficient (Wildman–Crippen LogP) is 2.03. The Labute approximate surface area is 106 Å². The molecule has 2 N–H and O–H groups in total. The largest absolute Gasteiger partial charge is 0.398 e. The van der Waals surface area contributed by atoms with Crippen LogP contribution in [0.2, 0.25) is 0 Å². The lowest BCUT2D eigenvalue weighted by molar-refractivity contribution is 0.265. The predicted molar refractivity (Wildman–Crippen MR) is 69.7 cm³/mol. The molecule has 1 heterocycles. The molecule has 0 amide bonds. The Morgan fingerprint density at radius 3 is 2.89 bits per heavy atom. The van der Waals surface area contributed by atoms with Crippen LogP contribution >= 0.6 is 0 Å². The first-order valence-electron chi connectivity index (χ1n) is 6.37. The molecule has 94 valence electrons. The van der Waals surface area contributed by atoms with Gasteiger partial charge in [0.2, 0.25) is 0 Å². The third-order valence-corrected chi connectivity index (χ3v) is 3.72. The van der Waals surface area contributed by atoms with E-state index >= 15 is 0 Å². The summed E-state index contributed by atoms with van der Waals surface area (Å²) in [5.74, 6) is 1.51. The summed E-state index contributed by atoms with van der Waals surface area (Å²) in [6.45, 7) is 2.93. The van der Waals surface area contributed by atoms with Crippen molar-refractivity contribution in [2.45, 2.75) is 32.7 Å². The number of anilines is 1. The van der Waals surface area contributed by atoms with E-state index in [0.29, 0.717) is 0 Å². The molecule has 1 aromatic carbocycles. The quantitative estimate of drug-likeness (QED) is 0.837. The van der Waals surface area contributed by atoms with Gasteiger partial charge in [0.1, 0.15) is 0 Å². The monoisotopic (exact) mass is 243 g/mol. The molecule has 1 aliphatic rings. The number of hydrogen-bond acceptors (Lipinski definition) is 4. The van der Waals surface area contributed by atoms with Crippen molar-refractivity contribution in [3.63, 3.8) is 0 Å². The van der Waals surface area contributed by atoms with Crippen LogP contribution in [-0.4, -0.2) is 20.2 Å². The van der Waals surface area contributed by atoms with Gasteiger partial charge in [-0.2, -0.15) is 0 Å². The minimum Gasteiger partial charge on any atom is -0.398 e. The summed E-state index contributed by atoms with van der Waals surface area (Å²) in [5, 5.41) is 12.0. The number of tetrazole rings is 1. The fourth-order valence-electron chi connectivity index (χ4n) is 2.42. The van der Waals surface area contributed by atoms with E-state index < -0.39 is 0 Å². The molecule has 0 bridgehead atoms. The Balaban J connectivity index is 1.98. The molecule has 2 aromatic rings. The van der Waals surface area contributed by atoms with Crippen molar-refractivity contribution in [2.24, 2.45) is 5.92 Å². The molecule has 1 aromatic heterocycles. The summed E-state index contributed by atoms with van der Waals surface area (Å²) >= 11 is 0. The van der Waals surface area contributed by atoms with Crippen LogP contribution in [0.4, 0.5) is 5.69 Å². The number of aryl methyl sites for hydroxylation is 1. The molecule has 1 saturated carbocycles. The van der Waals surface area contributed by atoms with Crippen LogP contribution in [0.25, 0.3) is 11.4 Å². The maximum absolute atomic E-state index is 6.05. The van der Waals surface area contributed by atoms with Crippen molar-refractivity contribution in [3.05, 3.63) is 23.8 Å². The first-order valence-corrected chi connectivity index (χ1v) is 6.37. The van der Waals surface area contributed by atoms with Crippen LogP contribution in [0.3, 0.4) is 0 Å². The number of hydrogen-bond donors (Lipinski definition) is 1. The van der Waals surface area contributed by atoms with Crippen molar-refractivity contribution in [2.75, 3.05) is 5.73 Å². The van der Waals surface area contributed by atoms with Gasteiger partial charge in [0.15, 0.2) is 5.82 Å². The van der Waals surface area contributed by atoms with E-state index in [0.717, 1.165) is 35.1 Å². The molecule has 1 aliphatic carbocycles. The van der Waals surface area contributed by atoms with Gasteiger partial charge in [-0.05, 0) is 47.7 Å². The molecule has 0 unspecified atom stereocenters. The standard InChI is InChI=1S/C13H17N5/c1-9-4-2-7-11(14)12(9)13-15-16-17-18(13)8-10-5-3-6-10/h2,4,7,10H,3,5-6,8,14H2,1H3. The molecule has 0 saturated heterocycles. The fourth-order valence-corrected chi connectivity index (χ4v) is 2.42. The summed E-state index contributed by atoms with van der Waals surface area (Å²) in [4.78, 5) is 0. The van der Waals surface area contributed by atoms with Gasteiger partial charge in [-0.1, -0.05) is 18.6 Å². The maximum atomic E-state index is 6.05. The second-order valence-corrected chi connectivity index (χ2v) is 5.02. The minimum atomic E-state index is 0.720. The zero-order valence-electron chi connectivity index (χ0n) is 10.5. The van der Waals surface area contributed by atoms with Crippen LogP contribution < -0.4 is 5.73 Å². The third-order valence-electron chi connectivity index (χ3n) is 3.72. The van der Waals surface area contributed by atoms with Gasteiger partial charge in [0.25, 0.3) is 0 Å². The van der Waals surface area contributed by atoms with Gasteiger partial charge in [-0.25, -0.2) is 4.68 Å². The van der Waals surface area contributed by atoms with Crippen LogP contribution in [0.1, 0.15) is 24.8 Å². The second-order valence-electron chi connectivity index (χ2n) is 5.02. The van der Waals surface area contributed by atoms with E-state index in [1.54, 1.807) is 0 Å². The van der Waals surface area contributed by atoms with Crippen molar-refractivity contribution in [3.8, 4) is 11.4 Å². The molecule has 5 heteroatoms. The third kappa shape index (κ3) is 1.85. The summed E-state index contributed by atoms with van der Waals surface area (Å²) < 4.78 is 1.89. The Kier molecular flexibility index (Phi) is 2.74. The second kappa shape index (κ2) is 4.40. The van der Waals surface area contributed by atoms with Crippen molar-refractivity contribution in [1.29, 1.82) is 0 Å². The van der Waals surface area contributed by atoms with E-state index in [2.05, 4.69) is 15.5 Å². The topological polar surface area (TPSA) is 69.6 Å². The number of nitrogen functional groups attached to an aromatic ring is 1. The van der Waals surface area contributed by atoms with E-state index in [9.17, 15) is 0 Å². The zero-order chi connectivity index (χ0) is 12.5. The summed E-state index contributed by atoms with van der Waals surface area (Å²) in [6.07, 6.45) is 3.89. The van der Waals surface area contributed by atoms with Crippen LogP contribution in [0, 0.1) is 12.8 Å². The highest BCUT2D eigenvalue weighted by Crippen LogP contribution is 2.31. The van der Waals surface area contributed by atoms with Crippen molar-refractivity contribution < 1.29 is 0 Å². The van der Waals surface area contributed by atoms with Gasteiger partial charge >= 0.3 is 0 Å². The summed E-state index contributed by atoms with van der Waals surface area (Å²) in [7, 11) is 0. The highest BCUT2D eigenvalue weighted by molar-refractivity contribution is 5.74. The lowest BCUT2D eigenvalue weighted by atomic mass is 9.85. The van der Waals surface area contributed by atoms with E-state index in [1.165, 1.54) is 19.3 Å². The molecule has 18 heavy (non-hydrogen) atoms. The van der Waals surface area contributed by atoms with Crippen molar-refractivity contribution >= 4 is 5.69 Å². The molecular formula is C13H17N5. The summed E-state index contributed by atoms with van der Waals surface area (Å²) in [5.41, 5.74) is 8.86. The van der Waals surface area contributed by atoms with Gasteiger partial charge in [-0.15, -0.1) is 5.10 Å². The Morgan fingerprint density at radius 2 is 2.22 bits per heavy atom. The van der Waals surface area contributed by atoms with Gasteiger partial charge in [0.05, 0.1) is 0 Å². The van der Waals surface area contributed by atoms with Gasteiger partial charge in [0, 0.05) is 17.8 Å². The lowest BCUT2D eigenvalue weighted by Gasteiger charge is -2.25. The lowest BCUT2D eigenvalue weighted by Crippen LogP contribution is -2.19. The Hall–Kier alpha value is -1.91. The normalized spacial score (nSPS) is 15.6. The molecule has 5 nitrogen and oxygen atoms in total. The molecule has 0 aliphatic heterocycles. The minimum absolute atomic E-state index is 0.720. The van der Waals surface area contributed by atoms with E-state index in [4.69, 9.17) is 5.73 Å². The van der Waals surface area contributed by atoms with Gasteiger partial charge in [-0.3, -0.25) is 0 Å². The molecular weight excluding hydrogens is 226 g/mol. The van der Waals surface area contributed by atoms with E-state index in [-0.39, 0.29) is 0 Å². The molecule has 0 radical (unpaired) electrons. The smallest absolute Gasteiger partial charge is 0.184 e. The Morgan fingerprint density at radius 1 is 1.39 bits per heavy atom. The average Bonchev–Trinajstić information content (AvgIpc) is 2.71. The number of nitrogens with two attached hydrogens (primary N) is 1. The zero-order valence-corrected chi connectivity index (χ0v) is 10.5. The average molecular weight is 243 g/mol. The molecule has 0 spiro atoms.